The lowest BCUT2D eigenvalue weighted by atomic mass is 9.95. The molecule has 0 aliphatic heterocycles. The summed E-state index contributed by atoms with van der Waals surface area (Å²) in [4.78, 5) is 0. The molecule has 0 aromatic carbocycles. The van der Waals surface area contributed by atoms with Gasteiger partial charge in [-0.25, -0.2) is 8.42 Å². The summed E-state index contributed by atoms with van der Waals surface area (Å²) in [6.07, 6.45) is 6.28. The van der Waals surface area contributed by atoms with Gasteiger partial charge in [0.1, 0.15) is 0 Å². The van der Waals surface area contributed by atoms with Crippen molar-refractivity contribution < 1.29 is 13.5 Å². The quantitative estimate of drug-likeness (QED) is 0.775. The lowest BCUT2D eigenvalue weighted by Crippen LogP contribution is -2.45. The van der Waals surface area contributed by atoms with E-state index >= 15 is 0 Å². The second-order valence-corrected chi connectivity index (χ2v) is 7.42. The van der Waals surface area contributed by atoms with Gasteiger partial charge < -0.3 is 5.11 Å². The Morgan fingerprint density at radius 1 is 1.28 bits per heavy atom. The Morgan fingerprint density at radius 3 is 2.39 bits per heavy atom. The van der Waals surface area contributed by atoms with Crippen molar-refractivity contribution in [3.05, 3.63) is 0 Å². The monoisotopic (exact) mass is 277 g/mol. The molecule has 5 heteroatoms. The van der Waals surface area contributed by atoms with Crippen LogP contribution in [0.4, 0.5) is 0 Å². The molecule has 0 aromatic rings. The Bertz CT molecular complexity index is 321. The van der Waals surface area contributed by atoms with Gasteiger partial charge in [-0.3, -0.25) is 0 Å². The van der Waals surface area contributed by atoms with Crippen LogP contribution >= 0.6 is 0 Å². The van der Waals surface area contributed by atoms with Crippen LogP contribution in [0.25, 0.3) is 0 Å². The molecule has 1 unspecified atom stereocenters. The second-order valence-electron chi connectivity index (χ2n) is 5.38. The molecule has 1 saturated carbocycles. The van der Waals surface area contributed by atoms with Gasteiger partial charge in [0.05, 0.1) is 11.9 Å². The van der Waals surface area contributed by atoms with E-state index in [1.54, 1.807) is 11.2 Å². The first kappa shape index (κ1) is 15.9. The number of aliphatic hydroxyl groups excluding tert-OH is 1. The molecule has 0 amide bonds. The smallest absolute Gasteiger partial charge is 0.214 e. The van der Waals surface area contributed by atoms with E-state index in [4.69, 9.17) is 0 Å². The van der Waals surface area contributed by atoms with Crippen LogP contribution in [0.1, 0.15) is 58.8 Å². The van der Waals surface area contributed by atoms with Gasteiger partial charge in [-0.05, 0) is 26.2 Å². The molecular formula is C13H27NO3S. The minimum absolute atomic E-state index is 0.107. The minimum Gasteiger partial charge on any atom is -0.392 e. The molecule has 18 heavy (non-hydrogen) atoms. The third kappa shape index (κ3) is 4.86. The van der Waals surface area contributed by atoms with E-state index in [0.717, 1.165) is 32.1 Å². The molecular weight excluding hydrogens is 250 g/mol. The van der Waals surface area contributed by atoms with Crippen molar-refractivity contribution >= 4 is 10.0 Å². The summed E-state index contributed by atoms with van der Waals surface area (Å²) in [6, 6.07) is 0.107. The van der Waals surface area contributed by atoms with Gasteiger partial charge >= 0.3 is 0 Å². The highest BCUT2D eigenvalue weighted by atomic mass is 32.2. The molecule has 1 N–H and O–H groups in total. The zero-order valence-corrected chi connectivity index (χ0v) is 12.5. The number of aliphatic hydroxyl groups is 1. The highest BCUT2D eigenvalue weighted by Gasteiger charge is 2.31. The number of hydrogen-bond donors (Lipinski definition) is 1. The van der Waals surface area contributed by atoms with Crippen molar-refractivity contribution in [1.82, 2.24) is 4.31 Å². The SMILES string of the molecule is CCCCS(=O)(=O)N(CC(C)O)C1CCCCC1. The Labute approximate surface area is 111 Å². The van der Waals surface area contributed by atoms with Crippen molar-refractivity contribution in [2.75, 3.05) is 12.3 Å². The minimum atomic E-state index is -3.21. The van der Waals surface area contributed by atoms with Crippen LogP contribution in [0.3, 0.4) is 0 Å². The molecule has 0 radical (unpaired) electrons. The van der Waals surface area contributed by atoms with E-state index in [1.165, 1.54) is 6.42 Å². The van der Waals surface area contributed by atoms with Crippen LogP contribution in [0, 0.1) is 0 Å². The molecule has 0 bridgehead atoms. The summed E-state index contributed by atoms with van der Waals surface area (Å²) in [5.41, 5.74) is 0. The van der Waals surface area contributed by atoms with Crippen LogP contribution in [-0.4, -0.2) is 42.3 Å². The average molecular weight is 277 g/mol. The fraction of sp³-hybridized carbons (Fsp3) is 1.00. The molecule has 0 spiro atoms. The fourth-order valence-corrected chi connectivity index (χ4v) is 4.56. The molecule has 0 saturated heterocycles. The maximum Gasteiger partial charge on any atom is 0.214 e. The van der Waals surface area contributed by atoms with E-state index < -0.39 is 16.1 Å². The predicted molar refractivity (Wildman–Crippen MR) is 74.0 cm³/mol. The Morgan fingerprint density at radius 2 is 1.89 bits per heavy atom. The maximum absolute atomic E-state index is 12.3. The van der Waals surface area contributed by atoms with Gasteiger partial charge in [0.15, 0.2) is 0 Å². The Hall–Kier alpha value is -0.130. The van der Waals surface area contributed by atoms with Crippen LogP contribution in [0.2, 0.25) is 0 Å². The number of unbranched alkanes of at least 4 members (excludes halogenated alkanes) is 1. The van der Waals surface area contributed by atoms with Gasteiger partial charge in [-0.15, -0.1) is 0 Å². The van der Waals surface area contributed by atoms with Crippen molar-refractivity contribution in [2.24, 2.45) is 0 Å². The number of nitrogens with zero attached hydrogens (tertiary/aromatic N) is 1. The molecule has 1 aliphatic carbocycles. The summed E-state index contributed by atoms with van der Waals surface area (Å²) in [5.74, 6) is 0.215. The van der Waals surface area contributed by atoms with Crippen molar-refractivity contribution in [1.29, 1.82) is 0 Å². The number of rotatable bonds is 7. The van der Waals surface area contributed by atoms with Crippen LogP contribution in [0.5, 0.6) is 0 Å². The van der Waals surface area contributed by atoms with E-state index in [9.17, 15) is 13.5 Å². The lowest BCUT2D eigenvalue weighted by molar-refractivity contribution is 0.136. The standard InChI is InChI=1S/C13H27NO3S/c1-3-4-10-18(16,17)14(11-12(2)15)13-8-6-5-7-9-13/h12-13,15H,3-11H2,1-2H3. The first-order valence-corrected chi connectivity index (χ1v) is 8.76. The van der Waals surface area contributed by atoms with Crippen molar-refractivity contribution in [3.63, 3.8) is 0 Å². The van der Waals surface area contributed by atoms with Crippen molar-refractivity contribution in [2.45, 2.75) is 70.9 Å². The number of hydrogen-bond acceptors (Lipinski definition) is 3. The van der Waals surface area contributed by atoms with Gasteiger partial charge in [0.25, 0.3) is 0 Å². The first-order valence-electron chi connectivity index (χ1n) is 7.15. The third-order valence-electron chi connectivity index (χ3n) is 3.54. The zero-order chi connectivity index (χ0) is 13.6. The molecule has 108 valence electrons. The summed E-state index contributed by atoms with van der Waals surface area (Å²) < 4.78 is 26.3. The van der Waals surface area contributed by atoms with Crippen molar-refractivity contribution in [3.8, 4) is 0 Å². The van der Waals surface area contributed by atoms with Gasteiger partial charge in [0.2, 0.25) is 10.0 Å². The molecule has 1 rings (SSSR count). The highest BCUT2D eigenvalue weighted by molar-refractivity contribution is 7.89. The molecule has 1 fully saturated rings. The zero-order valence-electron chi connectivity index (χ0n) is 11.6. The topological polar surface area (TPSA) is 57.6 Å². The largest absolute Gasteiger partial charge is 0.392 e. The average Bonchev–Trinajstić information content (AvgIpc) is 2.34. The first-order chi connectivity index (χ1) is 8.47. The lowest BCUT2D eigenvalue weighted by Gasteiger charge is -2.34. The van der Waals surface area contributed by atoms with E-state index in [0.29, 0.717) is 6.42 Å². The van der Waals surface area contributed by atoms with Gasteiger partial charge in [0, 0.05) is 12.6 Å². The molecule has 0 aromatic heterocycles. The maximum atomic E-state index is 12.3. The molecule has 1 aliphatic rings. The van der Waals surface area contributed by atoms with Crippen LogP contribution in [0.15, 0.2) is 0 Å². The fourth-order valence-electron chi connectivity index (χ4n) is 2.56. The molecule has 1 atom stereocenters. The molecule has 4 nitrogen and oxygen atoms in total. The molecule has 0 heterocycles. The summed E-state index contributed by atoms with van der Waals surface area (Å²) in [6.45, 7) is 3.90. The third-order valence-corrected chi connectivity index (χ3v) is 5.51. The summed E-state index contributed by atoms with van der Waals surface area (Å²) in [5, 5.41) is 9.54. The Balaban J connectivity index is 2.75. The predicted octanol–water partition coefficient (Wildman–Crippen LogP) is 2.13. The van der Waals surface area contributed by atoms with E-state index in [2.05, 4.69) is 0 Å². The summed E-state index contributed by atoms with van der Waals surface area (Å²) >= 11 is 0. The Kier molecular flexibility index (Phi) is 6.60. The van der Waals surface area contributed by atoms with E-state index in [-0.39, 0.29) is 18.3 Å². The van der Waals surface area contributed by atoms with Gasteiger partial charge in [-0.1, -0.05) is 32.6 Å². The summed E-state index contributed by atoms with van der Waals surface area (Å²) in [7, 11) is -3.21. The highest BCUT2D eigenvalue weighted by Crippen LogP contribution is 2.25. The van der Waals surface area contributed by atoms with E-state index in [1.807, 2.05) is 6.92 Å². The number of sulfonamides is 1. The normalized spacial score (nSPS) is 20.2. The van der Waals surface area contributed by atoms with Gasteiger partial charge in [-0.2, -0.15) is 4.31 Å². The second kappa shape index (κ2) is 7.46. The van der Waals surface area contributed by atoms with Crippen LogP contribution < -0.4 is 0 Å². The van der Waals surface area contributed by atoms with Crippen LogP contribution in [-0.2, 0) is 10.0 Å².